The Kier molecular flexibility index (Phi) is 5.27. The molecule has 0 radical (unpaired) electrons. The van der Waals surface area contributed by atoms with Crippen LogP contribution in [0.4, 0.5) is 15.8 Å². The lowest BCUT2D eigenvalue weighted by molar-refractivity contribution is -0.115. The topological polar surface area (TPSA) is 32.3 Å². The fraction of sp³-hybridized carbons (Fsp3) is 0.278. The summed E-state index contributed by atoms with van der Waals surface area (Å²) in [5.41, 5.74) is 1.79. The average molecular weight is 367 g/mol. The van der Waals surface area contributed by atoms with Gasteiger partial charge in [0.1, 0.15) is 5.82 Å². The summed E-state index contributed by atoms with van der Waals surface area (Å²) in [4.78, 5) is 14.4. The van der Waals surface area contributed by atoms with Crippen LogP contribution in [-0.4, -0.2) is 19.0 Å². The Morgan fingerprint density at radius 3 is 2.46 bits per heavy atom. The third kappa shape index (κ3) is 4.00. The first-order valence-electron chi connectivity index (χ1n) is 7.81. The minimum absolute atomic E-state index is 0.0358. The fourth-order valence-corrected chi connectivity index (χ4v) is 3.40. The number of nitrogens with one attached hydrogen (secondary N) is 1. The first-order chi connectivity index (χ1) is 11.5. The van der Waals surface area contributed by atoms with E-state index in [0.717, 1.165) is 31.6 Å². The highest BCUT2D eigenvalue weighted by Crippen LogP contribution is 2.27. The third-order valence-electron chi connectivity index (χ3n) is 4.04. The lowest BCUT2D eigenvalue weighted by Gasteiger charge is -2.19. The van der Waals surface area contributed by atoms with E-state index < -0.39 is 0 Å². The second-order valence-corrected chi connectivity index (χ2v) is 6.63. The summed E-state index contributed by atoms with van der Waals surface area (Å²) in [5, 5.41) is 3.61. The summed E-state index contributed by atoms with van der Waals surface area (Å²) < 4.78 is 13.9. The fourth-order valence-electron chi connectivity index (χ4n) is 2.87. The molecule has 1 aliphatic rings. The molecule has 2 aromatic rings. The lowest BCUT2D eigenvalue weighted by atomic mass is 10.1. The highest BCUT2D eigenvalue weighted by molar-refractivity contribution is 6.36. The predicted octanol–water partition coefficient (Wildman–Crippen LogP) is 4.91. The van der Waals surface area contributed by atoms with Crippen molar-refractivity contribution in [1.82, 2.24) is 0 Å². The molecule has 0 atom stereocenters. The number of nitrogens with zero attached hydrogens (tertiary/aromatic N) is 1. The van der Waals surface area contributed by atoms with Gasteiger partial charge in [0, 0.05) is 34.5 Å². The smallest absolute Gasteiger partial charge is 0.228 e. The van der Waals surface area contributed by atoms with Crippen LogP contribution >= 0.6 is 23.2 Å². The zero-order valence-corrected chi connectivity index (χ0v) is 14.5. The minimum Gasteiger partial charge on any atom is -0.371 e. The van der Waals surface area contributed by atoms with Crippen LogP contribution in [-0.2, 0) is 11.2 Å². The van der Waals surface area contributed by atoms with Crippen molar-refractivity contribution in [3.05, 3.63) is 57.8 Å². The van der Waals surface area contributed by atoms with Crippen LogP contribution in [0.3, 0.4) is 0 Å². The molecule has 24 heavy (non-hydrogen) atoms. The van der Waals surface area contributed by atoms with E-state index in [4.69, 9.17) is 23.2 Å². The van der Waals surface area contributed by atoms with Gasteiger partial charge >= 0.3 is 0 Å². The number of hydrogen-bond acceptors (Lipinski definition) is 2. The van der Waals surface area contributed by atoms with E-state index in [1.165, 1.54) is 12.1 Å². The Bertz CT molecular complexity index is 740. The van der Waals surface area contributed by atoms with Crippen LogP contribution in [0, 0.1) is 5.82 Å². The van der Waals surface area contributed by atoms with Crippen molar-refractivity contribution in [2.75, 3.05) is 23.3 Å². The van der Waals surface area contributed by atoms with Gasteiger partial charge in [0.25, 0.3) is 0 Å². The molecule has 3 nitrogen and oxygen atoms in total. The number of benzene rings is 2. The van der Waals surface area contributed by atoms with Gasteiger partial charge in [0.05, 0.1) is 6.42 Å². The molecule has 0 aromatic heterocycles. The SMILES string of the molecule is O=C(Cc1c(Cl)cccc1Cl)Nc1cc(F)cc(N2CCCC2)c1. The van der Waals surface area contributed by atoms with Crippen LogP contribution in [0.15, 0.2) is 36.4 Å². The average Bonchev–Trinajstić information content (AvgIpc) is 3.05. The molecule has 0 bridgehead atoms. The Hall–Kier alpha value is -1.78. The van der Waals surface area contributed by atoms with Gasteiger partial charge in [-0.15, -0.1) is 0 Å². The van der Waals surface area contributed by atoms with E-state index in [2.05, 4.69) is 10.2 Å². The zero-order valence-electron chi connectivity index (χ0n) is 13.0. The number of carbonyl (C=O) groups excluding carboxylic acids is 1. The zero-order chi connectivity index (χ0) is 17.1. The lowest BCUT2D eigenvalue weighted by Crippen LogP contribution is -2.19. The van der Waals surface area contributed by atoms with Crippen molar-refractivity contribution in [3.8, 4) is 0 Å². The van der Waals surface area contributed by atoms with E-state index in [1.54, 1.807) is 24.3 Å². The molecular weight excluding hydrogens is 350 g/mol. The van der Waals surface area contributed by atoms with Crippen molar-refractivity contribution in [1.29, 1.82) is 0 Å². The van der Waals surface area contributed by atoms with Gasteiger partial charge in [-0.05, 0) is 48.7 Å². The highest BCUT2D eigenvalue weighted by Gasteiger charge is 2.15. The van der Waals surface area contributed by atoms with Crippen molar-refractivity contribution in [3.63, 3.8) is 0 Å². The maximum atomic E-state index is 13.9. The summed E-state index contributed by atoms with van der Waals surface area (Å²) in [6.45, 7) is 1.82. The molecule has 0 aliphatic carbocycles. The summed E-state index contributed by atoms with van der Waals surface area (Å²) in [7, 11) is 0. The van der Waals surface area contributed by atoms with Crippen LogP contribution in [0.25, 0.3) is 0 Å². The molecular formula is C18H17Cl2FN2O. The summed E-state index contributed by atoms with van der Waals surface area (Å²) >= 11 is 12.2. The summed E-state index contributed by atoms with van der Waals surface area (Å²) in [6, 6.07) is 9.69. The maximum Gasteiger partial charge on any atom is 0.228 e. The second-order valence-electron chi connectivity index (χ2n) is 5.82. The summed E-state index contributed by atoms with van der Waals surface area (Å²) in [6.07, 6.45) is 2.24. The van der Waals surface area contributed by atoms with Crippen molar-refractivity contribution >= 4 is 40.5 Å². The first kappa shape index (κ1) is 17.1. The monoisotopic (exact) mass is 366 g/mol. The largest absolute Gasteiger partial charge is 0.371 e. The molecule has 1 heterocycles. The van der Waals surface area contributed by atoms with Crippen LogP contribution < -0.4 is 10.2 Å². The minimum atomic E-state index is -0.370. The Labute approximate surface area is 150 Å². The third-order valence-corrected chi connectivity index (χ3v) is 4.74. The van der Waals surface area contributed by atoms with Crippen molar-refractivity contribution in [2.24, 2.45) is 0 Å². The highest BCUT2D eigenvalue weighted by atomic mass is 35.5. The van der Waals surface area contributed by atoms with E-state index in [-0.39, 0.29) is 18.1 Å². The molecule has 2 aromatic carbocycles. The van der Waals surface area contributed by atoms with Gasteiger partial charge < -0.3 is 10.2 Å². The van der Waals surface area contributed by atoms with Gasteiger partial charge in [-0.1, -0.05) is 29.3 Å². The maximum absolute atomic E-state index is 13.9. The van der Waals surface area contributed by atoms with E-state index >= 15 is 0 Å². The molecule has 1 N–H and O–H groups in total. The van der Waals surface area contributed by atoms with Gasteiger partial charge in [0.2, 0.25) is 5.91 Å². The van der Waals surface area contributed by atoms with E-state index in [1.807, 2.05) is 0 Å². The molecule has 126 valence electrons. The Balaban J connectivity index is 1.74. The van der Waals surface area contributed by atoms with Gasteiger partial charge in [-0.2, -0.15) is 0 Å². The molecule has 1 fully saturated rings. The molecule has 1 saturated heterocycles. The number of carbonyl (C=O) groups is 1. The normalized spacial score (nSPS) is 14.0. The van der Waals surface area contributed by atoms with Crippen LogP contribution in [0.2, 0.25) is 10.0 Å². The number of rotatable bonds is 4. The van der Waals surface area contributed by atoms with E-state index in [0.29, 0.717) is 21.3 Å². The molecule has 1 aliphatic heterocycles. The second kappa shape index (κ2) is 7.41. The molecule has 0 unspecified atom stereocenters. The number of anilines is 2. The standard InChI is InChI=1S/C18H17Cl2FN2O/c19-16-4-3-5-17(20)15(16)11-18(24)22-13-8-12(21)9-14(10-13)23-6-1-2-7-23/h3-5,8-10H,1-2,6-7,11H2,(H,22,24). The van der Waals surface area contributed by atoms with Gasteiger partial charge in [-0.25, -0.2) is 4.39 Å². The molecule has 1 amide bonds. The number of amides is 1. The molecule has 6 heteroatoms. The van der Waals surface area contributed by atoms with Gasteiger partial charge in [0.15, 0.2) is 0 Å². The quantitative estimate of drug-likeness (QED) is 0.833. The summed E-state index contributed by atoms with van der Waals surface area (Å²) in [5.74, 6) is -0.659. The number of hydrogen-bond donors (Lipinski definition) is 1. The predicted molar refractivity (Wildman–Crippen MR) is 96.6 cm³/mol. The molecule has 0 saturated carbocycles. The molecule has 3 rings (SSSR count). The van der Waals surface area contributed by atoms with Crippen LogP contribution in [0.5, 0.6) is 0 Å². The number of halogens is 3. The van der Waals surface area contributed by atoms with Crippen molar-refractivity contribution < 1.29 is 9.18 Å². The Morgan fingerprint density at radius 2 is 1.79 bits per heavy atom. The van der Waals surface area contributed by atoms with Crippen LogP contribution in [0.1, 0.15) is 18.4 Å². The molecule has 0 spiro atoms. The first-order valence-corrected chi connectivity index (χ1v) is 8.57. The van der Waals surface area contributed by atoms with Gasteiger partial charge in [-0.3, -0.25) is 4.79 Å². The van der Waals surface area contributed by atoms with E-state index in [9.17, 15) is 9.18 Å². The van der Waals surface area contributed by atoms with Crippen molar-refractivity contribution in [2.45, 2.75) is 19.3 Å². The Morgan fingerprint density at radius 1 is 1.12 bits per heavy atom.